The molecule has 1 heterocycles. The second kappa shape index (κ2) is 7.07. The summed E-state index contributed by atoms with van der Waals surface area (Å²) in [7, 11) is 0. The van der Waals surface area contributed by atoms with Crippen LogP contribution in [0.25, 0.3) is 0 Å². The standard InChI is InChI=1S/C17H23N3O/c1-5-13-8-7-9-14(10-13)21-17-15(12(3)4)16(18-6-2)19-11-20-17/h7-12H,5-6H2,1-4H3,(H,18,19,20). The highest BCUT2D eigenvalue weighted by Crippen LogP contribution is 2.33. The Balaban J connectivity index is 2.36. The number of hydrogen-bond donors (Lipinski definition) is 1. The van der Waals surface area contributed by atoms with E-state index in [0.717, 1.165) is 30.1 Å². The van der Waals surface area contributed by atoms with E-state index >= 15 is 0 Å². The number of ether oxygens (including phenoxy) is 1. The molecular formula is C17H23N3O. The first-order valence-electron chi connectivity index (χ1n) is 7.51. The molecule has 0 unspecified atom stereocenters. The van der Waals surface area contributed by atoms with E-state index in [-0.39, 0.29) is 5.92 Å². The van der Waals surface area contributed by atoms with Crippen molar-refractivity contribution in [3.05, 3.63) is 41.7 Å². The molecule has 0 aliphatic carbocycles. The summed E-state index contributed by atoms with van der Waals surface area (Å²) >= 11 is 0. The Kier molecular flexibility index (Phi) is 5.14. The van der Waals surface area contributed by atoms with Crippen molar-refractivity contribution in [2.45, 2.75) is 40.0 Å². The van der Waals surface area contributed by atoms with Gasteiger partial charge in [0.1, 0.15) is 17.9 Å². The van der Waals surface area contributed by atoms with Gasteiger partial charge in [0, 0.05) is 6.54 Å². The van der Waals surface area contributed by atoms with Crippen LogP contribution in [0.5, 0.6) is 11.6 Å². The molecule has 4 heteroatoms. The Labute approximate surface area is 126 Å². The SMILES string of the molecule is CCNc1ncnc(Oc2cccc(CC)c2)c1C(C)C. The van der Waals surface area contributed by atoms with Crippen molar-refractivity contribution in [2.24, 2.45) is 0 Å². The molecule has 0 aliphatic rings. The largest absolute Gasteiger partial charge is 0.439 e. The van der Waals surface area contributed by atoms with Gasteiger partial charge in [0.2, 0.25) is 5.88 Å². The van der Waals surface area contributed by atoms with Gasteiger partial charge in [0.25, 0.3) is 0 Å². The number of benzene rings is 1. The minimum absolute atomic E-state index is 0.282. The first-order valence-corrected chi connectivity index (χ1v) is 7.51. The third-order valence-corrected chi connectivity index (χ3v) is 3.29. The minimum Gasteiger partial charge on any atom is -0.439 e. The molecule has 0 saturated heterocycles. The summed E-state index contributed by atoms with van der Waals surface area (Å²) in [5, 5.41) is 3.28. The number of hydrogen-bond acceptors (Lipinski definition) is 4. The number of nitrogens with zero attached hydrogens (tertiary/aromatic N) is 2. The van der Waals surface area contributed by atoms with E-state index in [0.29, 0.717) is 5.88 Å². The lowest BCUT2D eigenvalue weighted by molar-refractivity contribution is 0.451. The van der Waals surface area contributed by atoms with Crippen LogP contribution in [0.4, 0.5) is 5.82 Å². The fourth-order valence-electron chi connectivity index (χ4n) is 2.23. The van der Waals surface area contributed by atoms with Gasteiger partial charge < -0.3 is 10.1 Å². The molecule has 0 bridgehead atoms. The van der Waals surface area contributed by atoms with Crippen molar-refractivity contribution in [3.8, 4) is 11.6 Å². The molecule has 1 N–H and O–H groups in total. The van der Waals surface area contributed by atoms with E-state index in [1.165, 1.54) is 5.56 Å². The number of aryl methyl sites for hydroxylation is 1. The molecule has 0 fully saturated rings. The second-order valence-corrected chi connectivity index (χ2v) is 5.23. The number of rotatable bonds is 6. The van der Waals surface area contributed by atoms with E-state index in [2.05, 4.69) is 55.1 Å². The summed E-state index contributed by atoms with van der Waals surface area (Å²) in [5.74, 6) is 2.58. The van der Waals surface area contributed by atoms with E-state index in [9.17, 15) is 0 Å². The van der Waals surface area contributed by atoms with Crippen LogP contribution in [0.15, 0.2) is 30.6 Å². The molecule has 4 nitrogen and oxygen atoms in total. The van der Waals surface area contributed by atoms with Crippen LogP contribution < -0.4 is 10.1 Å². The van der Waals surface area contributed by atoms with E-state index in [4.69, 9.17) is 4.74 Å². The molecule has 2 aromatic rings. The normalized spacial score (nSPS) is 10.7. The summed E-state index contributed by atoms with van der Waals surface area (Å²) in [5.41, 5.74) is 2.26. The molecule has 0 amide bonds. The maximum atomic E-state index is 6.01. The molecule has 1 aromatic heterocycles. The Bertz CT molecular complexity index is 596. The zero-order valence-corrected chi connectivity index (χ0v) is 13.2. The maximum absolute atomic E-state index is 6.01. The van der Waals surface area contributed by atoms with Crippen LogP contribution in [-0.4, -0.2) is 16.5 Å². The second-order valence-electron chi connectivity index (χ2n) is 5.23. The van der Waals surface area contributed by atoms with Crippen molar-refractivity contribution < 1.29 is 4.74 Å². The van der Waals surface area contributed by atoms with Crippen molar-refractivity contribution in [1.29, 1.82) is 0 Å². The quantitative estimate of drug-likeness (QED) is 0.855. The zero-order valence-electron chi connectivity index (χ0n) is 13.2. The maximum Gasteiger partial charge on any atom is 0.227 e. The van der Waals surface area contributed by atoms with Crippen molar-refractivity contribution in [1.82, 2.24) is 9.97 Å². The lowest BCUT2D eigenvalue weighted by Crippen LogP contribution is -2.07. The Morgan fingerprint density at radius 1 is 1.19 bits per heavy atom. The first kappa shape index (κ1) is 15.3. The van der Waals surface area contributed by atoms with Crippen LogP contribution >= 0.6 is 0 Å². The van der Waals surface area contributed by atoms with Gasteiger partial charge in [-0.1, -0.05) is 32.9 Å². The number of aromatic nitrogens is 2. The van der Waals surface area contributed by atoms with Crippen molar-refractivity contribution in [2.75, 3.05) is 11.9 Å². The topological polar surface area (TPSA) is 47.0 Å². The van der Waals surface area contributed by atoms with Gasteiger partial charge in [-0.2, -0.15) is 0 Å². The molecular weight excluding hydrogens is 262 g/mol. The Hall–Kier alpha value is -2.10. The predicted molar refractivity (Wildman–Crippen MR) is 86.2 cm³/mol. The lowest BCUT2D eigenvalue weighted by Gasteiger charge is -2.16. The smallest absolute Gasteiger partial charge is 0.227 e. The number of nitrogens with one attached hydrogen (secondary N) is 1. The summed E-state index contributed by atoms with van der Waals surface area (Å²) in [4.78, 5) is 8.64. The van der Waals surface area contributed by atoms with Gasteiger partial charge in [-0.3, -0.25) is 0 Å². The molecule has 0 radical (unpaired) electrons. The summed E-state index contributed by atoms with van der Waals surface area (Å²) in [6.07, 6.45) is 2.53. The monoisotopic (exact) mass is 285 g/mol. The van der Waals surface area contributed by atoms with Crippen LogP contribution in [0, 0.1) is 0 Å². The molecule has 1 aromatic carbocycles. The highest BCUT2D eigenvalue weighted by Gasteiger charge is 2.16. The Morgan fingerprint density at radius 3 is 2.67 bits per heavy atom. The predicted octanol–water partition coefficient (Wildman–Crippen LogP) is 4.39. The van der Waals surface area contributed by atoms with Crippen LogP contribution in [0.3, 0.4) is 0 Å². The van der Waals surface area contributed by atoms with Crippen LogP contribution in [-0.2, 0) is 6.42 Å². The summed E-state index contributed by atoms with van der Waals surface area (Å²) in [6.45, 7) is 9.25. The highest BCUT2D eigenvalue weighted by molar-refractivity contribution is 5.51. The van der Waals surface area contributed by atoms with E-state index in [1.54, 1.807) is 6.33 Å². The molecule has 0 saturated carbocycles. The molecule has 0 atom stereocenters. The van der Waals surface area contributed by atoms with Gasteiger partial charge in [-0.25, -0.2) is 9.97 Å². The first-order chi connectivity index (χ1) is 10.2. The average Bonchev–Trinajstić information content (AvgIpc) is 2.47. The Morgan fingerprint density at radius 2 is 2.00 bits per heavy atom. The van der Waals surface area contributed by atoms with Gasteiger partial charge in [-0.05, 0) is 37.0 Å². The average molecular weight is 285 g/mol. The minimum atomic E-state index is 0.282. The fraction of sp³-hybridized carbons (Fsp3) is 0.412. The van der Waals surface area contributed by atoms with Gasteiger partial charge >= 0.3 is 0 Å². The van der Waals surface area contributed by atoms with Crippen molar-refractivity contribution >= 4 is 5.82 Å². The third-order valence-electron chi connectivity index (χ3n) is 3.29. The highest BCUT2D eigenvalue weighted by atomic mass is 16.5. The van der Waals surface area contributed by atoms with Crippen LogP contribution in [0.1, 0.15) is 44.7 Å². The summed E-state index contributed by atoms with van der Waals surface area (Å²) in [6, 6.07) is 8.12. The molecule has 21 heavy (non-hydrogen) atoms. The molecule has 112 valence electrons. The fourth-order valence-corrected chi connectivity index (χ4v) is 2.23. The molecule has 0 spiro atoms. The van der Waals surface area contributed by atoms with Crippen molar-refractivity contribution in [3.63, 3.8) is 0 Å². The summed E-state index contributed by atoms with van der Waals surface area (Å²) < 4.78 is 6.01. The zero-order chi connectivity index (χ0) is 15.2. The lowest BCUT2D eigenvalue weighted by atomic mass is 10.1. The van der Waals surface area contributed by atoms with E-state index < -0.39 is 0 Å². The molecule has 2 rings (SSSR count). The number of anilines is 1. The molecule has 0 aliphatic heterocycles. The van der Waals surface area contributed by atoms with E-state index in [1.807, 2.05) is 12.1 Å². The van der Waals surface area contributed by atoms with Gasteiger partial charge in [-0.15, -0.1) is 0 Å². The van der Waals surface area contributed by atoms with Gasteiger partial charge in [0.15, 0.2) is 0 Å². The van der Waals surface area contributed by atoms with Gasteiger partial charge in [0.05, 0.1) is 5.56 Å². The van der Waals surface area contributed by atoms with Crippen LogP contribution in [0.2, 0.25) is 0 Å². The third kappa shape index (κ3) is 3.72.